The van der Waals surface area contributed by atoms with Gasteiger partial charge in [0.15, 0.2) is 11.8 Å². The maximum atomic E-state index is 5.32. The predicted molar refractivity (Wildman–Crippen MR) is 122 cm³/mol. The minimum absolute atomic E-state index is 0. The lowest BCUT2D eigenvalue weighted by Crippen LogP contribution is -2.41. The summed E-state index contributed by atoms with van der Waals surface area (Å²) < 4.78 is 6.44. The number of aromatic nitrogens is 2. The summed E-state index contributed by atoms with van der Waals surface area (Å²) in [5.74, 6) is 2.02. The van der Waals surface area contributed by atoms with Crippen molar-refractivity contribution in [3.63, 3.8) is 0 Å². The quantitative estimate of drug-likeness (QED) is 0.334. The van der Waals surface area contributed by atoms with Crippen LogP contribution < -0.4 is 10.6 Å². The fourth-order valence-corrected chi connectivity index (χ4v) is 3.20. The van der Waals surface area contributed by atoms with Gasteiger partial charge in [0.1, 0.15) is 0 Å². The first kappa shape index (κ1) is 22.1. The van der Waals surface area contributed by atoms with E-state index in [2.05, 4.69) is 86.7 Å². The molecule has 0 unspecified atom stereocenters. The molecule has 6 nitrogen and oxygen atoms in total. The molecule has 1 aromatic heterocycles. The molecule has 1 heterocycles. The van der Waals surface area contributed by atoms with Crippen molar-refractivity contribution in [3.05, 3.63) is 46.0 Å². The van der Waals surface area contributed by atoms with Gasteiger partial charge >= 0.3 is 0 Å². The van der Waals surface area contributed by atoms with E-state index in [4.69, 9.17) is 4.52 Å². The van der Waals surface area contributed by atoms with E-state index in [1.54, 1.807) is 7.05 Å². The van der Waals surface area contributed by atoms with Crippen molar-refractivity contribution in [1.29, 1.82) is 0 Å². The molecule has 1 aliphatic carbocycles. The number of guanidine groups is 1. The number of aliphatic imine (C=N–C) groups is 1. The second-order valence-corrected chi connectivity index (χ2v) is 8.75. The Balaban J connectivity index is 0.00000261. The molecule has 0 atom stereocenters. The minimum Gasteiger partial charge on any atom is -0.356 e. The fraction of sp³-hybridized carbons (Fsp3) is 0.526. The summed E-state index contributed by atoms with van der Waals surface area (Å²) in [6.07, 6.45) is 2.38. The van der Waals surface area contributed by atoms with Crippen LogP contribution in [0.5, 0.6) is 0 Å². The van der Waals surface area contributed by atoms with Crippen LogP contribution in [-0.2, 0) is 17.4 Å². The van der Waals surface area contributed by atoms with E-state index in [1.807, 2.05) is 0 Å². The number of nitrogens with one attached hydrogen (secondary N) is 2. The fourth-order valence-electron chi connectivity index (χ4n) is 2.80. The smallest absolute Gasteiger partial charge is 0.232 e. The SMILES string of the molecule is CN=C(NCc1noc(C(C)(C)C)n1)NCC1(c2cccc(Br)c2)CC1.I. The molecule has 0 amide bonds. The molecule has 8 heteroatoms. The molecule has 1 fully saturated rings. The number of hydrogen-bond donors (Lipinski definition) is 2. The van der Waals surface area contributed by atoms with Gasteiger partial charge in [0, 0.05) is 28.9 Å². The molecule has 0 radical (unpaired) electrons. The van der Waals surface area contributed by atoms with E-state index >= 15 is 0 Å². The van der Waals surface area contributed by atoms with Gasteiger partial charge in [0.2, 0.25) is 5.89 Å². The van der Waals surface area contributed by atoms with Gasteiger partial charge in [0.25, 0.3) is 0 Å². The maximum Gasteiger partial charge on any atom is 0.232 e. The van der Waals surface area contributed by atoms with Crippen LogP contribution in [0.15, 0.2) is 38.3 Å². The lowest BCUT2D eigenvalue weighted by Gasteiger charge is -2.19. The van der Waals surface area contributed by atoms with Gasteiger partial charge in [-0.15, -0.1) is 24.0 Å². The summed E-state index contributed by atoms with van der Waals surface area (Å²) in [5.41, 5.74) is 1.42. The van der Waals surface area contributed by atoms with E-state index < -0.39 is 0 Å². The molecular formula is C19H27BrIN5O. The number of nitrogens with zero attached hydrogens (tertiary/aromatic N) is 3. The van der Waals surface area contributed by atoms with E-state index in [9.17, 15) is 0 Å². The molecule has 148 valence electrons. The molecule has 0 bridgehead atoms. The van der Waals surface area contributed by atoms with Crippen molar-refractivity contribution in [2.45, 2.75) is 51.0 Å². The summed E-state index contributed by atoms with van der Waals surface area (Å²) in [7, 11) is 1.77. The minimum atomic E-state index is -0.145. The zero-order valence-electron chi connectivity index (χ0n) is 16.2. The Hall–Kier alpha value is -1.16. The van der Waals surface area contributed by atoms with Gasteiger partial charge in [0.05, 0.1) is 6.54 Å². The topological polar surface area (TPSA) is 75.3 Å². The Morgan fingerprint density at radius 3 is 2.59 bits per heavy atom. The van der Waals surface area contributed by atoms with Gasteiger partial charge in [-0.1, -0.05) is 54.0 Å². The van der Waals surface area contributed by atoms with Crippen LogP contribution in [0, 0.1) is 0 Å². The Labute approximate surface area is 186 Å². The van der Waals surface area contributed by atoms with Crippen LogP contribution in [0.25, 0.3) is 0 Å². The van der Waals surface area contributed by atoms with Crippen molar-refractivity contribution in [2.75, 3.05) is 13.6 Å². The van der Waals surface area contributed by atoms with Crippen molar-refractivity contribution in [1.82, 2.24) is 20.8 Å². The maximum absolute atomic E-state index is 5.32. The van der Waals surface area contributed by atoms with Gasteiger partial charge < -0.3 is 15.2 Å². The number of benzene rings is 1. The first-order chi connectivity index (χ1) is 12.3. The highest BCUT2D eigenvalue weighted by atomic mass is 127. The van der Waals surface area contributed by atoms with E-state index in [1.165, 1.54) is 18.4 Å². The first-order valence-electron chi connectivity index (χ1n) is 8.86. The highest BCUT2D eigenvalue weighted by molar-refractivity contribution is 14.0. The summed E-state index contributed by atoms with van der Waals surface area (Å²) in [4.78, 5) is 8.74. The molecule has 1 saturated carbocycles. The van der Waals surface area contributed by atoms with Crippen LogP contribution in [0.3, 0.4) is 0 Å². The largest absolute Gasteiger partial charge is 0.356 e. The van der Waals surface area contributed by atoms with Gasteiger partial charge in [-0.05, 0) is 30.5 Å². The second kappa shape index (κ2) is 8.89. The summed E-state index contributed by atoms with van der Waals surface area (Å²) in [6.45, 7) is 7.48. The van der Waals surface area contributed by atoms with Crippen LogP contribution in [0.1, 0.15) is 50.9 Å². The van der Waals surface area contributed by atoms with E-state index in [0.717, 1.165) is 17.0 Å². The van der Waals surface area contributed by atoms with Gasteiger partial charge in [-0.3, -0.25) is 4.99 Å². The summed E-state index contributed by atoms with van der Waals surface area (Å²) >= 11 is 3.56. The lowest BCUT2D eigenvalue weighted by molar-refractivity contribution is 0.318. The third-order valence-electron chi connectivity index (χ3n) is 4.63. The first-order valence-corrected chi connectivity index (χ1v) is 9.65. The molecule has 1 aliphatic rings. The average Bonchev–Trinajstić information content (AvgIpc) is 3.22. The number of halogens is 2. The van der Waals surface area contributed by atoms with Gasteiger partial charge in [-0.2, -0.15) is 4.98 Å². The molecule has 0 saturated heterocycles. The van der Waals surface area contributed by atoms with E-state index in [-0.39, 0.29) is 34.8 Å². The van der Waals surface area contributed by atoms with Crippen molar-refractivity contribution < 1.29 is 4.52 Å². The molecule has 0 aliphatic heterocycles. The second-order valence-electron chi connectivity index (χ2n) is 7.84. The molecule has 27 heavy (non-hydrogen) atoms. The highest BCUT2D eigenvalue weighted by Crippen LogP contribution is 2.48. The number of rotatable bonds is 5. The third kappa shape index (κ3) is 5.66. The Morgan fingerprint density at radius 1 is 1.30 bits per heavy atom. The van der Waals surface area contributed by atoms with Crippen LogP contribution in [0.4, 0.5) is 0 Å². The normalized spacial score (nSPS) is 15.8. The Bertz CT molecular complexity index is 795. The van der Waals surface area contributed by atoms with Crippen molar-refractivity contribution >= 4 is 45.9 Å². The van der Waals surface area contributed by atoms with Crippen LogP contribution in [0.2, 0.25) is 0 Å². The zero-order chi connectivity index (χ0) is 18.8. The van der Waals surface area contributed by atoms with Gasteiger partial charge in [-0.25, -0.2) is 0 Å². The molecule has 3 rings (SSSR count). The molecule has 0 spiro atoms. The number of hydrogen-bond acceptors (Lipinski definition) is 4. The molecule has 2 N–H and O–H groups in total. The molecule has 1 aromatic carbocycles. The summed E-state index contributed by atoms with van der Waals surface area (Å²) in [5, 5.41) is 10.7. The average molecular weight is 548 g/mol. The molecular weight excluding hydrogens is 521 g/mol. The van der Waals surface area contributed by atoms with Crippen molar-refractivity contribution in [3.8, 4) is 0 Å². The molecule has 2 aromatic rings. The zero-order valence-corrected chi connectivity index (χ0v) is 20.1. The Kier molecular flexibility index (Phi) is 7.29. The van der Waals surface area contributed by atoms with Crippen LogP contribution >= 0.6 is 39.9 Å². The monoisotopic (exact) mass is 547 g/mol. The standard InChI is InChI=1S/C19H26BrN5O.HI/c1-18(2,3)16-24-15(25-26-16)11-22-17(21-4)23-12-19(8-9-19)13-6-5-7-14(20)10-13;/h5-7,10H,8-9,11-12H2,1-4H3,(H2,21,22,23);1H. The lowest BCUT2D eigenvalue weighted by atomic mass is 9.96. The predicted octanol–water partition coefficient (Wildman–Crippen LogP) is 4.14. The van der Waals surface area contributed by atoms with Crippen molar-refractivity contribution in [2.24, 2.45) is 4.99 Å². The van der Waals surface area contributed by atoms with Crippen LogP contribution in [-0.4, -0.2) is 29.7 Å². The third-order valence-corrected chi connectivity index (χ3v) is 5.13. The Morgan fingerprint density at radius 2 is 2.04 bits per heavy atom. The highest BCUT2D eigenvalue weighted by Gasteiger charge is 2.44. The van der Waals surface area contributed by atoms with E-state index in [0.29, 0.717) is 18.3 Å². The summed E-state index contributed by atoms with van der Waals surface area (Å²) in [6, 6.07) is 8.56.